The molecule has 0 saturated carbocycles. The van der Waals surface area contributed by atoms with Gasteiger partial charge in [-0.25, -0.2) is 14.3 Å². The van der Waals surface area contributed by atoms with Crippen molar-refractivity contribution >= 4 is 16.4 Å². The second kappa shape index (κ2) is 4.25. The van der Waals surface area contributed by atoms with Crippen molar-refractivity contribution in [3.8, 4) is 0 Å². The van der Waals surface area contributed by atoms with E-state index in [4.69, 9.17) is 5.84 Å². The van der Waals surface area contributed by atoms with Gasteiger partial charge in [-0.15, -0.1) is 0 Å². The molecule has 5 heteroatoms. The molecule has 72 valence electrons. The minimum Gasteiger partial charge on any atom is -0.293 e. The van der Waals surface area contributed by atoms with Crippen molar-refractivity contribution in [1.82, 2.24) is 0 Å². The number of hydrazine groups is 1. The molecule has 0 aliphatic rings. The Morgan fingerprint density at radius 1 is 1.31 bits per heavy atom. The lowest BCUT2D eigenvalue weighted by molar-refractivity contribution is 0.599. The molecule has 0 aliphatic heterocycles. The summed E-state index contributed by atoms with van der Waals surface area (Å²) in [5, 5.41) is 0.545. The van der Waals surface area contributed by atoms with Crippen LogP contribution in [0.3, 0.4) is 0 Å². The monoisotopic (exact) mass is 200 g/mol. The molecule has 0 fully saturated rings. The second-order valence-electron chi connectivity index (χ2n) is 2.66. The van der Waals surface area contributed by atoms with Crippen LogP contribution < -0.4 is 10.9 Å². The Bertz CT molecular complexity index is 329. The Kier molecular flexibility index (Phi) is 3.27. The van der Waals surface area contributed by atoms with Gasteiger partial charge in [-0.1, -0.05) is 18.2 Å². The molecular formula is C8H12N2O2S. The van der Waals surface area contributed by atoms with Crippen LogP contribution >= 0.6 is 0 Å². The Labute approximate surface area is 78.9 Å². The summed E-state index contributed by atoms with van der Waals surface area (Å²) in [4.78, 5) is 0. The van der Waals surface area contributed by atoms with Gasteiger partial charge in [0.15, 0.2) is 10.7 Å². The van der Waals surface area contributed by atoms with Crippen LogP contribution in [-0.2, 0) is 10.7 Å². The maximum atomic E-state index is 10.6. The van der Waals surface area contributed by atoms with Crippen molar-refractivity contribution in [2.75, 3.05) is 5.01 Å². The van der Waals surface area contributed by atoms with Crippen molar-refractivity contribution < 1.29 is 8.42 Å². The molecule has 1 aromatic rings. The first-order valence-corrected chi connectivity index (χ1v) is 5.10. The summed E-state index contributed by atoms with van der Waals surface area (Å²) >= 11 is 0. The van der Waals surface area contributed by atoms with Gasteiger partial charge in [0.1, 0.15) is 5.37 Å². The van der Waals surface area contributed by atoms with E-state index in [1.807, 2.05) is 6.07 Å². The number of nitrogens with two attached hydrogens (primary N) is 1. The molecular weight excluding hydrogens is 188 g/mol. The zero-order valence-corrected chi connectivity index (χ0v) is 8.15. The molecule has 0 saturated heterocycles. The standard InChI is InChI=1S/C8H12N2O2S/c1-7(13(11)12)10(9)8-5-3-2-4-6-8/h2-7,13H,9H2,1H3. The van der Waals surface area contributed by atoms with E-state index in [0.29, 0.717) is 5.69 Å². The number of hydrogen-bond acceptors (Lipinski definition) is 4. The van der Waals surface area contributed by atoms with Crippen molar-refractivity contribution in [3.63, 3.8) is 0 Å². The molecule has 0 bridgehead atoms. The smallest absolute Gasteiger partial charge is 0.162 e. The number of thiol groups is 1. The van der Waals surface area contributed by atoms with Crippen LogP contribution in [0.1, 0.15) is 6.92 Å². The summed E-state index contributed by atoms with van der Waals surface area (Å²) in [6.07, 6.45) is 0. The normalized spacial score (nSPS) is 12.8. The van der Waals surface area contributed by atoms with Gasteiger partial charge in [-0.3, -0.25) is 5.01 Å². The summed E-state index contributed by atoms with van der Waals surface area (Å²) in [5.74, 6) is 5.59. The van der Waals surface area contributed by atoms with Crippen LogP contribution in [-0.4, -0.2) is 13.8 Å². The Morgan fingerprint density at radius 2 is 1.85 bits per heavy atom. The minimum atomic E-state index is -2.52. The molecule has 0 heterocycles. The summed E-state index contributed by atoms with van der Waals surface area (Å²) < 4.78 is 21.3. The maximum absolute atomic E-state index is 10.6. The number of para-hydroxylation sites is 1. The number of benzene rings is 1. The summed E-state index contributed by atoms with van der Waals surface area (Å²) in [6, 6.07) is 8.98. The third-order valence-electron chi connectivity index (χ3n) is 1.76. The fourth-order valence-electron chi connectivity index (χ4n) is 0.917. The largest absolute Gasteiger partial charge is 0.293 e. The van der Waals surface area contributed by atoms with Crippen molar-refractivity contribution in [2.24, 2.45) is 5.84 Å². The molecule has 4 nitrogen and oxygen atoms in total. The molecule has 0 spiro atoms. The summed E-state index contributed by atoms with van der Waals surface area (Å²) in [6.45, 7) is 1.54. The van der Waals surface area contributed by atoms with Crippen molar-refractivity contribution in [1.29, 1.82) is 0 Å². The van der Waals surface area contributed by atoms with Crippen LogP contribution in [0.4, 0.5) is 5.69 Å². The molecule has 1 aromatic carbocycles. The SMILES string of the molecule is CC(N(N)c1ccccc1)[SH](=O)=O. The topological polar surface area (TPSA) is 63.4 Å². The molecule has 1 rings (SSSR count). The van der Waals surface area contributed by atoms with Gasteiger partial charge in [0.2, 0.25) is 0 Å². The minimum absolute atomic E-state index is 0.683. The fraction of sp³-hybridized carbons (Fsp3) is 0.250. The highest BCUT2D eigenvalue weighted by Gasteiger charge is 2.11. The van der Waals surface area contributed by atoms with E-state index in [2.05, 4.69) is 0 Å². The number of rotatable bonds is 3. The van der Waals surface area contributed by atoms with E-state index in [1.165, 1.54) is 5.01 Å². The first kappa shape index (κ1) is 10.0. The van der Waals surface area contributed by atoms with Gasteiger partial charge >= 0.3 is 0 Å². The lowest BCUT2D eigenvalue weighted by Crippen LogP contribution is -2.40. The van der Waals surface area contributed by atoms with Crippen LogP contribution in [0.2, 0.25) is 0 Å². The third kappa shape index (κ3) is 2.43. The fourth-order valence-corrected chi connectivity index (χ4v) is 1.25. The van der Waals surface area contributed by atoms with E-state index in [-0.39, 0.29) is 0 Å². The van der Waals surface area contributed by atoms with E-state index in [0.717, 1.165) is 0 Å². The van der Waals surface area contributed by atoms with Gasteiger partial charge in [0.25, 0.3) is 0 Å². The van der Waals surface area contributed by atoms with E-state index in [1.54, 1.807) is 31.2 Å². The Hall–Kier alpha value is -1.07. The van der Waals surface area contributed by atoms with Crippen LogP contribution in [0.25, 0.3) is 0 Å². The number of anilines is 1. The van der Waals surface area contributed by atoms with Crippen LogP contribution in [0.5, 0.6) is 0 Å². The number of hydrogen-bond donors (Lipinski definition) is 2. The predicted octanol–water partition coefficient (Wildman–Crippen LogP) is 0.324. The quantitative estimate of drug-likeness (QED) is 0.419. The molecule has 1 unspecified atom stereocenters. The lowest BCUT2D eigenvalue weighted by Gasteiger charge is -2.21. The average molecular weight is 200 g/mol. The highest BCUT2D eigenvalue weighted by molar-refractivity contribution is 7.73. The summed E-state index contributed by atoms with van der Waals surface area (Å²) in [7, 11) is -2.52. The Morgan fingerprint density at radius 3 is 2.31 bits per heavy atom. The van der Waals surface area contributed by atoms with E-state index in [9.17, 15) is 8.42 Å². The highest BCUT2D eigenvalue weighted by atomic mass is 32.2. The van der Waals surface area contributed by atoms with Gasteiger partial charge in [-0.2, -0.15) is 0 Å². The van der Waals surface area contributed by atoms with Gasteiger partial charge in [0, 0.05) is 0 Å². The molecule has 0 amide bonds. The van der Waals surface area contributed by atoms with Crippen LogP contribution in [0.15, 0.2) is 30.3 Å². The molecule has 2 N–H and O–H groups in total. The molecule has 1 atom stereocenters. The zero-order chi connectivity index (χ0) is 9.84. The molecule has 13 heavy (non-hydrogen) atoms. The van der Waals surface area contributed by atoms with Gasteiger partial charge in [-0.05, 0) is 19.1 Å². The number of nitrogens with zero attached hydrogens (tertiary/aromatic N) is 1. The highest BCUT2D eigenvalue weighted by Crippen LogP contribution is 2.11. The lowest BCUT2D eigenvalue weighted by atomic mass is 10.3. The molecule has 0 aromatic heterocycles. The second-order valence-corrected chi connectivity index (χ2v) is 3.98. The first-order chi connectivity index (χ1) is 6.13. The van der Waals surface area contributed by atoms with Gasteiger partial charge < -0.3 is 0 Å². The molecule has 0 aliphatic carbocycles. The maximum Gasteiger partial charge on any atom is 0.162 e. The van der Waals surface area contributed by atoms with Crippen LogP contribution in [0, 0.1) is 0 Å². The summed E-state index contributed by atoms with van der Waals surface area (Å²) in [5.41, 5.74) is 0.689. The van der Waals surface area contributed by atoms with Crippen molar-refractivity contribution in [2.45, 2.75) is 12.3 Å². The third-order valence-corrected chi connectivity index (χ3v) is 2.62. The van der Waals surface area contributed by atoms with Crippen molar-refractivity contribution in [3.05, 3.63) is 30.3 Å². The zero-order valence-electron chi connectivity index (χ0n) is 7.25. The van der Waals surface area contributed by atoms with E-state index < -0.39 is 16.1 Å². The van der Waals surface area contributed by atoms with Gasteiger partial charge in [0.05, 0.1) is 5.69 Å². The first-order valence-electron chi connectivity index (χ1n) is 3.85. The molecule has 0 radical (unpaired) electrons. The predicted molar refractivity (Wildman–Crippen MR) is 52.9 cm³/mol. The average Bonchev–Trinajstić information content (AvgIpc) is 2.17. The van der Waals surface area contributed by atoms with E-state index >= 15 is 0 Å². The Balaban J connectivity index is 2.85.